The van der Waals surface area contributed by atoms with Gasteiger partial charge in [-0.3, -0.25) is 9.89 Å². The maximum absolute atomic E-state index is 13.3. The molecule has 0 aliphatic heterocycles. The van der Waals surface area contributed by atoms with Crippen LogP contribution in [0.15, 0.2) is 35.0 Å². The number of halogens is 1. The van der Waals surface area contributed by atoms with Crippen molar-refractivity contribution in [3.8, 4) is 0 Å². The fraction of sp³-hybridized carbons (Fsp3) is 0.200. The predicted octanol–water partition coefficient (Wildman–Crippen LogP) is 3.09. The number of rotatable bonds is 3. The summed E-state index contributed by atoms with van der Waals surface area (Å²) in [5.41, 5.74) is 1.99. The fourth-order valence-electron chi connectivity index (χ4n) is 2.25. The molecule has 0 radical (unpaired) electrons. The number of furan rings is 1. The number of H-pyrrole nitrogens is 1. The van der Waals surface area contributed by atoms with Gasteiger partial charge in [-0.05, 0) is 32.0 Å². The molecule has 21 heavy (non-hydrogen) atoms. The van der Waals surface area contributed by atoms with Crippen molar-refractivity contribution in [2.24, 2.45) is 0 Å². The zero-order valence-electron chi connectivity index (χ0n) is 11.6. The maximum Gasteiger partial charge on any atom is 0.287 e. The molecule has 2 aromatic heterocycles. The molecule has 0 aliphatic carbocycles. The Bertz CT molecular complexity index is 793. The summed E-state index contributed by atoms with van der Waals surface area (Å²) >= 11 is 0. The molecule has 108 valence electrons. The van der Waals surface area contributed by atoms with Gasteiger partial charge in [0, 0.05) is 22.7 Å². The normalized spacial score (nSPS) is 12.5. The smallest absolute Gasteiger partial charge is 0.287 e. The summed E-state index contributed by atoms with van der Waals surface area (Å²) in [5, 5.41) is 9.98. The second-order valence-corrected chi connectivity index (χ2v) is 4.92. The van der Waals surface area contributed by atoms with E-state index < -0.39 is 0 Å². The number of benzene rings is 1. The zero-order valence-corrected chi connectivity index (χ0v) is 11.6. The number of nitrogens with one attached hydrogen (secondary N) is 2. The minimum Gasteiger partial charge on any atom is -0.451 e. The highest BCUT2D eigenvalue weighted by Crippen LogP contribution is 2.26. The second kappa shape index (κ2) is 5.05. The van der Waals surface area contributed by atoms with Crippen molar-refractivity contribution in [1.82, 2.24) is 15.5 Å². The van der Waals surface area contributed by atoms with Gasteiger partial charge in [0.05, 0.1) is 12.2 Å². The number of aromatic nitrogens is 2. The summed E-state index contributed by atoms with van der Waals surface area (Å²) < 4.78 is 18.8. The number of nitrogens with zero attached hydrogens (tertiary/aromatic N) is 1. The van der Waals surface area contributed by atoms with Crippen LogP contribution in [0.5, 0.6) is 0 Å². The Morgan fingerprint density at radius 2 is 2.29 bits per heavy atom. The predicted molar refractivity (Wildman–Crippen MR) is 75.4 cm³/mol. The Kier molecular flexibility index (Phi) is 3.21. The molecule has 0 spiro atoms. The van der Waals surface area contributed by atoms with Crippen LogP contribution in [0, 0.1) is 12.7 Å². The van der Waals surface area contributed by atoms with Crippen molar-refractivity contribution in [3.05, 3.63) is 53.3 Å². The first-order valence-corrected chi connectivity index (χ1v) is 6.54. The van der Waals surface area contributed by atoms with Crippen molar-refractivity contribution in [1.29, 1.82) is 0 Å². The summed E-state index contributed by atoms with van der Waals surface area (Å²) in [5.74, 6) is -0.492. The highest BCUT2D eigenvalue weighted by Gasteiger charge is 2.20. The number of carbonyl (C=O) groups is 1. The van der Waals surface area contributed by atoms with Crippen LogP contribution in [0.2, 0.25) is 0 Å². The minimum atomic E-state index is -0.356. The van der Waals surface area contributed by atoms with Crippen LogP contribution in [0.25, 0.3) is 11.0 Å². The van der Waals surface area contributed by atoms with Crippen molar-refractivity contribution in [2.45, 2.75) is 19.9 Å². The number of carbonyl (C=O) groups excluding carboxylic acids is 1. The lowest BCUT2D eigenvalue weighted by Gasteiger charge is -2.10. The molecule has 0 saturated heterocycles. The van der Waals surface area contributed by atoms with Gasteiger partial charge in [-0.2, -0.15) is 5.10 Å². The van der Waals surface area contributed by atoms with E-state index in [0.717, 1.165) is 5.56 Å². The molecule has 0 fully saturated rings. The van der Waals surface area contributed by atoms with Crippen LogP contribution < -0.4 is 5.32 Å². The van der Waals surface area contributed by atoms with Crippen molar-refractivity contribution < 1.29 is 13.6 Å². The largest absolute Gasteiger partial charge is 0.451 e. The summed E-state index contributed by atoms with van der Waals surface area (Å²) in [6.07, 6.45) is 3.36. The molecule has 5 nitrogen and oxygen atoms in total. The summed E-state index contributed by atoms with van der Waals surface area (Å²) in [6, 6.07) is 3.99. The summed E-state index contributed by atoms with van der Waals surface area (Å²) in [6.45, 7) is 3.59. The van der Waals surface area contributed by atoms with E-state index >= 15 is 0 Å². The molecule has 1 amide bonds. The fourth-order valence-corrected chi connectivity index (χ4v) is 2.25. The first-order chi connectivity index (χ1) is 10.1. The minimum absolute atomic E-state index is 0.200. The van der Waals surface area contributed by atoms with Crippen LogP contribution in [0.3, 0.4) is 0 Å². The van der Waals surface area contributed by atoms with E-state index in [4.69, 9.17) is 4.42 Å². The van der Waals surface area contributed by atoms with Crippen LogP contribution in [0.1, 0.15) is 34.6 Å². The average molecular weight is 287 g/mol. The molecular formula is C15H14FN3O2. The van der Waals surface area contributed by atoms with Gasteiger partial charge < -0.3 is 9.73 Å². The Morgan fingerprint density at radius 1 is 1.48 bits per heavy atom. The van der Waals surface area contributed by atoms with Gasteiger partial charge in [0.1, 0.15) is 11.4 Å². The molecule has 0 saturated carbocycles. The highest BCUT2D eigenvalue weighted by molar-refractivity contribution is 5.99. The van der Waals surface area contributed by atoms with Crippen LogP contribution in [0.4, 0.5) is 4.39 Å². The second-order valence-electron chi connectivity index (χ2n) is 4.92. The van der Waals surface area contributed by atoms with E-state index in [2.05, 4.69) is 15.5 Å². The van der Waals surface area contributed by atoms with Gasteiger partial charge in [0.15, 0.2) is 5.76 Å². The molecule has 0 aliphatic rings. The average Bonchev–Trinajstić information content (AvgIpc) is 3.08. The van der Waals surface area contributed by atoms with Gasteiger partial charge in [-0.25, -0.2) is 4.39 Å². The standard InChI is InChI=1S/C15H14FN3O2/c1-8-12-5-11(16)3-4-13(12)21-14(8)15(20)19-9(2)10-6-17-18-7-10/h3-7,9H,1-2H3,(H,17,18)(H,19,20). The Hall–Kier alpha value is -2.63. The monoisotopic (exact) mass is 287 g/mol. The number of amides is 1. The molecule has 2 N–H and O–H groups in total. The number of hydrogen-bond acceptors (Lipinski definition) is 3. The molecule has 0 bridgehead atoms. The Morgan fingerprint density at radius 3 is 3.00 bits per heavy atom. The topological polar surface area (TPSA) is 70.9 Å². The van der Waals surface area contributed by atoms with Gasteiger partial charge in [0.25, 0.3) is 5.91 Å². The van der Waals surface area contributed by atoms with Gasteiger partial charge in [-0.1, -0.05) is 0 Å². The van der Waals surface area contributed by atoms with E-state index in [1.807, 2.05) is 6.92 Å². The number of hydrogen-bond donors (Lipinski definition) is 2. The molecule has 2 heterocycles. The van der Waals surface area contributed by atoms with Crippen LogP contribution in [-0.4, -0.2) is 16.1 Å². The molecule has 1 aromatic carbocycles. The molecule has 1 atom stereocenters. The van der Waals surface area contributed by atoms with E-state index in [1.54, 1.807) is 19.3 Å². The molecule has 3 aromatic rings. The molecule has 1 unspecified atom stereocenters. The van der Waals surface area contributed by atoms with E-state index in [0.29, 0.717) is 16.5 Å². The van der Waals surface area contributed by atoms with Gasteiger partial charge >= 0.3 is 0 Å². The Balaban J connectivity index is 1.89. The lowest BCUT2D eigenvalue weighted by molar-refractivity contribution is 0.0913. The van der Waals surface area contributed by atoms with Crippen molar-refractivity contribution in [2.75, 3.05) is 0 Å². The maximum atomic E-state index is 13.3. The molecular weight excluding hydrogens is 273 g/mol. The SMILES string of the molecule is Cc1c(C(=O)NC(C)c2cn[nH]c2)oc2ccc(F)cc12. The number of aryl methyl sites for hydroxylation is 1. The van der Waals surface area contributed by atoms with Gasteiger partial charge in [-0.15, -0.1) is 0 Å². The van der Waals surface area contributed by atoms with E-state index in [1.165, 1.54) is 18.2 Å². The third kappa shape index (κ3) is 2.40. The summed E-state index contributed by atoms with van der Waals surface area (Å²) in [4.78, 5) is 12.3. The van der Waals surface area contributed by atoms with Crippen molar-refractivity contribution >= 4 is 16.9 Å². The van der Waals surface area contributed by atoms with Crippen molar-refractivity contribution in [3.63, 3.8) is 0 Å². The lowest BCUT2D eigenvalue weighted by Crippen LogP contribution is -2.26. The Labute approximate surface area is 120 Å². The molecule has 3 rings (SSSR count). The molecule has 6 heteroatoms. The summed E-state index contributed by atoms with van der Waals surface area (Å²) in [7, 11) is 0. The third-order valence-corrected chi connectivity index (χ3v) is 3.47. The van der Waals surface area contributed by atoms with Crippen LogP contribution >= 0.6 is 0 Å². The van der Waals surface area contributed by atoms with E-state index in [9.17, 15) is 9.18 Å². The highest BCUT2D eigenvalue weighted by atomic mass is 19.1. The third-order valence-electron chi connectivity index (χ3n) is 3.47. The number of fused-ring (bicyclic) bond motifs is 1. The van der Waals surface area contributed by atoms with Gasteiger partial charge in [0.2, 0.25) is 0 Å². The first-order valence-electron chi connectivity index (χ1n) is 6.54. The van der Waals surface area contributed by atoms with E-state index in [-0.39, 0.29) is 23.5 Å². The first kappa shape index (κ1) is 13.4. The number of aromatic amines is 1. The lowest BCUT2D eigenvalue weighted by atomic mass is 10.1. The quantitative estimate of drug-likeness (QED) is 0.777. The van der Waals surface area contributed by atoms with Crippen LogP contribution in [-0.2, 0) is 0 Å². The zero-order chi connectivity index (χ0) is 15.0.